The molecule has 0 saturated carbocycles. The molecule has 0 spiro atoms. The fourth-order valence-electron chi connectivity index (χ4n) is 4.82. The number of hydrogen-bond donors (Lipinski definition) is 3. The Bertz CT molecular complexity index is 851. The summed E-state index contributed by atoms with van der Waals surface area (Å²) < 4.78 is 5.31. The molecule has 7 nitrogen and oxygen atoms in total. The molecule has 32 heavy (non-hydrogen) atoms. The molecular weight excluding hydrogens is 432 g/mol. The van der Waals surface area contributed by atoms with Gasteiger partial charge in [-0.3, -0.25) is 4.79 Å². The van der Waals surface area contributed by atoms with E-state index in [9.17, 15) is 19.8 Å². The van der Waals surface area contributed by atoms with E-state index in [2.05, 4.69) is 26.1 Å². The first-order valence-electron chi connectivity index (χ1n) is 11.0. The Balaban J connectivity index is 2.29. The molecule has 1 fully saturated rings. The average molecular weight is 469 g/mol. The molecule has 8 heteroatoms. The van der Waals surface area contributed by atoms with Gasteiger partial charge in [-0.25, -0.2) is 4.79 Å². The first kappa shape index (κ1) is 26.3. The molecule has 1 aromatic rings. The molecule has 1 saturated heterocycles. The van der Waals surface area contributed by atoms with Gasteiger partial charge in [0.2, 0.25) is 5.91 Å². The van der Waals surface area contributed by atoms with E-state index < -0.39 is 23.2 Å². The second-order valence-electron chi connectivity index (χ2n) is 10.8. The lowest BCUT2D eigenvalue weighted by Crippen LogP contribution is -2.60. The minimum absolute atomic E-state index is 0.0484. The number of amides is 2. The SMILES string of the molecule is COc1cc(C2(O)CCN(C(=O)[C@H](NC(=O)O)C(C)CC(C)(C)C)CC2(C)C)ccc1Cl. The van der Waals surface area contributed by atoms with Gasteiger partial charge in [0.25, 0.3) is 0 Å². The summed E-state index contributed by atoms with van der Waals surface area (Å²) in [6.07, 6.45) is -0.218. The first-order chi connectivity index (χ1) is 14.6. The van der Waals surface area contributed by atoms with Crippen LogP contribution in [-0.2, 0) is 10.4 Å². The van der Waals surface area contributed by atoms with Gasteiger partial charge in [-0.1, -0.05) is 59.2 Å². The number of aliphatic hydroxyl groups is 1. The summed E-state index contributed by atoms with van der Waals surface area (Å²) in [6, 6.07) is 4.37. The number of hydrogen-bond acceptors (Lipinski definition) is 4. The van der Waals surface area contributed by atoms with Crippen LogP contribution < -0.4 is 10.1 Å². The Morgan fingerprint density at radius 2 is 1.94 bits per heavy atom. The maximum absolute atomic E-state index is 13.4. The zero-order valence-corrected chi connectivity index (χ0v) is 20.9. The minimum atomic E-state index is -1.22. The minimum Gasteiger partial charge on any atom is -0.495 e. The molecule has 1 aromatic carbocycles. The summed E-state index contributed by atoms with van der Waals surface area (Å²) >= 11 is 6.15. The third kappa shape index (κ3) is 5.67. The Labute approximate surface area is 196 Å². The van der Waals surface area contributed by atoms with Gasteiger partial charge in [-0.15, -0.1) is 0 Å². The number of piperidine rings is 1. The topological polar surface area (TPSA) is 99.1 Å². The zero-order chi connectivity index (χ0) is 24.5. The predicted octanol–water partition coefficient (Wildman–Crippen LogP) is 4.50. The highest BCUT2D eigenvalue weighted by molar-refractivity contribution is 6.32. The van der Waals surface area contributed by atoms with Crippen molar-refractivity contribution >= 4 is 23.6 Å². The van der Waals surface area contributed by atoms with Gasteiger partial charge in [0.15, 0.2) is 0 Å². The number of ether oxygens (including phenoxy) is 1. The van der Waals surface area contributed by atoms with Crippen molar-refractivity contribution in [2.45, 2.75) is 66.0 Å². The second kappa shape index (κ2) is 9.48. The second-order valence-corrected chi connectivity index (χ2v) is 11.2. The number of rotatable bonds is 6. The van der Waals surface area contributed by atoms with Crippen molar-refractivity contribution in [1.82, 2.24) is 10.2 Å². The van der Waals surface area contributed by atoms with Crippen LogP contribution in [0, 0.1) is 16.7 Å². The van der Waals surface area contributed by atoms with Crippen LogP contribution in [0.25, 0.3) is 0 Å². The highest BCUT2D eigenvalue weighted by Gasteiger charge is 2.50. The molecule has 0 aromatic heterocycles. The predicted molar refractivity (Wildman–Crippen MR) is 125 cm³/mol. The Morgan fingerprint density at radius 3 is 2.44 bits per heavy atom. The van der Waals surface area contributed by atoms with E-state index in [-0.39, 0.29) is 23.8 Å². The lowest BCUT2D eigenvalue weighted by Gasteiger charge is -2.51. The summed E-state index contributed by atoms with van der Waals surface area (Å²) in [5.41, 5.74) is -1.26. The van der Waals surface area contributed by atoms with Gasteiger partial charge < -0.3 is 25.2 Å². The molecular formula is C24H37ClN2O5. The van der Waals surface area contributed by atoms with Crippen molar-refractivity contribution in [2.24, 2.45) is 16.7 Å². The monoisotopic (exact) mass is 468 g/mol. The van der Waals surface area contributed by atoms with Crippen molar-refractivity contribution in [3.63, 3.8) is 0 Å². The van der Waals surface area contributed by atoms with Crippen molar-refractivity contribution in [1.29, 1.82) is 0 Å². The van der Waals surface area contributed by atoms with Crippen LogP contribution in [0.15, 0.2) is 18.2 Å². The normalized spacial score (nSPS) is 22.7. The van der Waals surface area contributed by atoms with Gasteiger partial charge in [0.1, 0.15) is 11.8 Å². The van der Waals surface area contributed by atoms with E-state index in [1.54, 1.807) is 23.1 Å². The van der Waals surface area contributed by atoms with Crippen molar-refractivity contribution < 1.29 is 24.5 Å². The highest BCUT2D eigenvalue weighted by Crippen LogP contribution is 2.47. The molecule has 180 valence electrons. The Morgan fingerprint density at radius 1 is 1.31 bits per heavy atom. The molecule has 1 aliphatic rings. The largest absolute Gasteiger partial charge is 0.495 e. The quantitative estimate of drug-likeness (QED) is 0.570. The zero-order valence-electron chi connectivity index (χ0n) is 20.2. The standard InChI is InChI=1S/C24H37ClN2O5/c1-15(13-22(2,3)4)19(26-21(29)30)20(28)27-11-10-24(31,23(5,6)14-27)16-8-9-17(25)18(12-16)32-7/h8-9,12,15,19,26,31H,10-11,13-14H2,1-7H3,(H,29,30)/t15?,19-,24?/m1/s1. The summed E-state index contributed by atoms with van der Waals surface area (Å²) in [6.45, 7) is 12.5. The third-order valence-corrected chi connectivity index (χ3v) is 6.75. The van der Waals surface area contributed by atoms with E-state index in [1.807, 2.05) is 20.8 Å². The lowest BCUT2D eigenvalue weighted by molar-refractivity contribution is -0.156. The van der Waals surface area contributed by atoms with Crippen molar-refractivity contribution in [3.8, 4) is 5.75 Å². The molecule has 2 amide bonds. The van der Waals surface area contributed by atoms with E-state index in [0.717, 1.165) is 0 Å². The molecule has 3 N–H and O–H groups in total. The van der Waals surface area contributed by atoms with Crippen LogP contribution in [-0.4, -0.2) is 53.4 Å². The van der Waals surface area contributed by atoms with Crippen LogP contribution in [0.2, 0.25) is 5.02 Å². The summed E-state index contributed by atoms with van der Waals surface area (Å²) in [7, 11) is 1.52. The Kier molecular flexibility index (Phi) is 7.78. The number of halogens is 1. The van der Waals surface area contributed by atoms with E-state index in [0.29, 0.717) is 35.7 Å². The summed E-state index contributed by atoms with van der Waals surface area (Å²) in [4.78, 5) is 26.5. The number of carbonyl (C=O) groups excluding carboxylic acids is 1. The summed E-state index contributed by atoms with van der Waals surface area (Å²) in [5, 5.41) is 23.9. The fraction of sp³-hybridized carbons (Fsp3) is 0.667. The first-order valence-corrected chi connectivity index (χ1v) is 11.3. The number of nitrogens with zero attached hydrogens (tertiary/aromatic N) is 1. The molecule has 0 aliphatic carbocycles. The van der Waals surface area contributed by atoms with E-state index >= 15 is 0 Å². The van der Waals surface area contributed by atoms with Gasteiger partial charge in [-0.05, 0) is 41.9 Å². The summed E-state index contributed by atoms with van der Waals surface area (Å²) in [5.74, 6) is 0.0460. The number of benzene rings is 1. The number of carbonyl (C=O) groups is 2. The number of likely N-dealkylation sites (tertiary alicyclic amines) is 1. The maximum Gasteiger partial charge on any atom is 0.405 e. The lowest BCUT2D eigenvalue weighted by atomic mass is 9.66. The van der Waals surface area contributed by atoms with Gasteiger partial charge in [0.05, 0.1) is 17.7 Å². The van der Waals surface area contributed by atoms with Gasteiger partial charge in [-0.2, -0.15) is 0 Å². The molecule has 0 bridgehead atoms. The fourth-order valence-corrected chi connectivity index (χ4v) is 5.02. The van der Waals surface area contributed by atoms with E-state index in [1.165, 1.54) is 7.11 Å². The van der Waals surface area contributed by atoms with Crippen molar-refractivity contribution in [2.75, 3.05) is 20.2 Å². The molecule has 2 unspecified atom stereocenters. The Hall–Kier alpha value is -1.99. The van der Waals surface area contributed by atoms with Crippen LogP contribution in [0.4, 0.5) is 4.79 Å². The maximum atomic E-state index is 13.4. The number of methoxy groups -OCH3 is 1. The molecule has 1 heterocycles. The van der Waals surface area contributed by atoms with Crippen LogP contribution >= 0.6 is 11.6 Å². The number of carboxylic acid groups (broad SMARTS) is 1. The van der Waals surface area contributed by atoms with Crippen molar-refractivity contribution in [3.05, 3.63) is 28.8 Å². The molecule has 2 rings (SSSR count). The smallest absolute Gasteiger partial charge is 0.405 e. The molecule has 0 radical (unpaired) electrons. The van der Waals surface area contributed by atoms with E-state index in [4.69, 9.17) is 16.3 Å². The average Bonchev–Trinajstić information content (AvgIpc) is 2.66. The van der Waals surface area contributed by atoms with Crippen LogP contribution in [0.5, 0.6) is 5.75 Å². The van der Waals surface area contributed by atoms with Crippen LogP contribution in [0.3, 0.4) is 0 Å². The highest BCUT2D eigenvalue weighted by atomic mass is 35.5. The van der Waals surface area contributed by atoms with Gasteiger partial charge >= 0.3 is 6.09 Å². The molecule has 3 atom stereocenters. The third-order valence-electron chi connectivity index (χ3n) is 6.44. The van der Waals surface area contributed by atoms with Gasteiger partial charge in [0, 0.05) is 18.5 Å². The van der Waals surface area contributed by atoms with Crippen LogP contribution in [0.1, 0.15) is 59.9 Å². The number of nitrogens with one attached hydrogen (secondary N) is 1. The molecule has 1 aliphatic heterocycles.